The van der Waals surface area contributed by atoms with Crippen LogP contribution in [0.5, 0.6) is 6.01 Å². The standard InChI is InChI=1S/C14H17F3N6O4S2/c1-7-5-28-8(2)9(7)29(25,26)22-12(24)19-10-18-11(23(3)4)21-13(20-10)27-6-14(15,16)17/h5H,6H2,1-4H3,(H2,18,19,20,21,22,24). The lowest BCUT2D eigenvalue weighted by Crippen LogP contribution is -2.35. The van der Waals surface area contributed by atoms with Gasteiger partial charge >= 0.3 is 18.2 Å². The zero-order chi connectivity index (χ0) is 22.0. The molecule has 0 aliphatic carbocycles. The molecule has 0 atom stereocenters. The molecule has 0 spiro atoms. The van der Waals surface area contributed by atoms with Crippen molar-refractivity contribution in [3.8, 4) is 6.01 Å². The van der Waals surface area contributed by atoms with Gasteiger partial charge in [0.1, 0.15) is 4.90 Å². The average molecular weight is 454 g/mol. The maximum Gasteiger partial charge on any atom is 0.422 e. The molecular formula is C14H17F3N6O4S2. The number of carbonyl (C=O) groups excluding carboxylic acids is 1. The quantitative estimate of drug-likeness (QED) is 0.679. The first-order chi connectivity index (χ1) is 13.3. The van der Waals surface area contributed by atoms with Crippen molar-refractivity contribution in [2.45, 2.75) is 24.9 Å². The molecule has 15 heteroatoms. The Morgan fingerprint density at radius 1 is 1.24 bits per heavy atom. The fourth-order valence-corrected chi connectivity index (χ4v) is 4.62. The third-order valence-corrected chi connectivity index (χ3v) is 5.96. The van der Waals surface area contributed by atoms with Crippen LogP contribution in [0.1, 0.15) is 10.4 Å². The monoisotopic (exact) mass is 454 g/mol. The van der Waals surface area contributed by atoms with Crippen molar-refractivity contribution in [3.63, 3.8) is 0 Å². The second-order valence-corrected chi connectivity index (χ2v) is 8.61. The number of ether oxygens (including phenoxy) is 1. The Morgan fingerprint density at radius 2 is 1.90 bits per heavy atom. The van der Waals surface area contributed by atoms with Gasteiger partial charge in [0.25, 0.3) is 10.0 Å². The minimum absolute atomic E-state index is 0.0310. The first-order valence-electron chi connectivity index (χ1n) is 7.80. The van der Waals surface area contributed by atoms with Gasteiger partial charge in [-0.2, -0.15) is 28.1 Å². The van der Waals surface area contributed by atoms with Crippen molar-refractivity contribution in [2.24, 2.45) is 0 Å². The van der Waals surface area contributed by atoms with E-state index < -0.39 is 40.8 Å². The van der Waals surface area contributed by atoms with Crippen LogP contribution in [0.15, 0.2) is 10.3 Å². The molecule has 0 aromatic carbocycles. The van der Waals surface area contributed by atoms with Crippen LogP contribution in [0.25, 0.3) is 0 Å². The van der Waals surface area contributed by atoms with E-state index in [1.54, 1.807) is 19.2 Å². The van der Waals surface area contributed by atoms with E-state index in [0.717, 1.165) is 0 Å². The summed E-state index contributed by atoms with van der Waals surface area (Å²) < 4.78 is 68.1. The highest BCUT2D eigenvalue weighted by atomic mass is 32.2. The Labute approximate surface area is 168 Å². The highest BCUT2D eigenvalue weighted by Crippen LogP contribution is 2.25. The number of aromatic nitrogens is 3. The molecule has 0 aliphatic rings. The Bertz CT molecular complexity index is 988. The first kappa shape index (κ1) is 22.6. The molecule has 0 aliphatic heterocycles. The summed E-state index contributed by atoms with van der Waals surface area (Å²) in [6, 6.07) is -1.89. The minimum atomic E-state index is -4.62. The van der Waals surface area contributed by atoms with Gasteiger partial charge in [0, 0.05) is 19.0 Å². The van der Waals surface area contributed by atoms with Crippen molar-refractivity contribution in [1.29, 1.82) is 0 Å². The van der Waals surface area contributed by atoms with E-state index in [-0.39, 0.29) is 10.8 Å². The van der Waals surface area contributed by atoms with Crippen LogP contribution in [-0.4, -0.2) is 56.3 Å². The lowest BCUT2D eigenvalue weighted by atomic mass is 10.3. The zero-order valence-electron chi connectivity index (χ0n) is 15.7. The van der Waals surface area contributed by atoms with Crippen LogP contribution in [0, 0.1) is 13.8 Å². The molecule has 10 nitrogen and oxygen atoms in total. The van der Waals surface area contributed by atoms with Crippen LogP contribution in [0.2, 0.25) is 0 Å². The summed E-state index contributed by atoms with van der Waals surface area (Å²) in [5.41, 5.74) is 0.464. The summed E-state index contributed by atoms with van der Waals surface area (Å²) in [6.07, 6.45) is -4.62. The molecule has 2 aromatic heterocycles. The number of aryl methyl sites for hydroxylation is 2. The number of amides is 2. The minimum Gasteiger partial charge on any atom is -0.454 e. The first-order valence-corrected chi connectivity index (χ1v) is 10.2. The van der Waals surface area contributed by atoms with E-state index in [0.29, 0.717) is 10.4 Å². The van der Waals surface area contributed by atoms with Crippen LogP contribution < -0.4 is 19.7 Å². The fourth-order valence-electron chi connectivity index (χ4n) is 2.08. The molecular weight excluding hydrogens is 437 g/mol. The fraction of sp³-hybridized carbons (Fsp3) is 0.429. The second-order valence-electron chi connectivity index (χ2n) is 5.90. The molecule has 2 rings (SSSR count). The molecule has 2 amide bonds. The van der Waals surface area contributed by atoms with Crippen LogP contribution in [0.4, 0.5) is 29.9 Å². The summed E-state index contributed by atoms with van der Waals surface area (Å²) in [4.78, 5) is 25.0. The molecule has 0 saturated heterocycles. The number of thiophene rings is 1. The molecule has 29 heavy (non-hydrogen) atoms. The maximum absolute atomic E-state index is 12.4. The SMILES string of the molecule is Cc1csc(C)c1S(=O)(=O)NC(=O)Nc1nc(OCC(F)(F)F)nc(N(C)C)n1. The highest BCUT2D eigenvalue weighted by Gasteiger charge is 2.29. The molecule has 2 N–H and O–H groups in total. The van der Waals surface area contributed by atoms with Crippen molar-refractivity contribution in [3.05, 3.63) is 15.8 Å². The van der Waals surface area contributed by atoms with Crippen LogP contribution >= 0.6 is 11.3 Å². The summed E-state index contributed by atoms with van der Waals surface area (Å²) in [7, 11) is -1.18. The molecule has 2 heterocycles. The van der Waals surface area contributed by atoms with E-state index in [4.69, 9.17) is 0 Å². The number of anilines is 2. The Hall–Kier alpha value is -2.68. The number of halogens is 3. The smallest absolute Gasteiger partial charge is 0.422 e. The number of hydrogen-bond acceptors (Lipinski definition) is 9. The van der Waals surface area contributed by atoms with Gasteiger partial charge in [0.2, 0.25) is 11.9 Å². The van der Waals surface area contributed by atoms with Gasteiger partial charge in [-0.05, 0) is 24.8 Å². The molecule has 0 bridgehead atoms. The Balaban J connectivity index is 2.21. The third-order valence-electron chi connectivity index (χ3n) is 3.18. The van der Waals surface area contributed by atoms with E-state index >= 15 is 0 Å². The predicted molar refractivity (Wildman–Crippen MR) is 98.8 cm³/mol. The number of sulfonamides is 1. The number of hydrogen-bond donors (Lipinski definition) is 2. The molecule has 2 aromatic rings. The number of carbonyl (C=O) groups is 1. The number of rotatable bonds is 6. The summed E-state index contributed by atoms with van der Waals surface area (Å²) in [5.74, 6) is -0.604. The summed E-state index contributed by atoms with van der Waals surface area (Å²) >= 11 is 1.21. The largest absolute Gasteiger partial charge is 0.454 e. The Kier molecular flexibility index (Phi) is 6.52. The van der Waals surface area contributed by atoms with Gasteiger partial charge in [-0.1, -0.05) is 0 Å². The van der Waals surface area contributed by atoms with E-state index in [1.807, 2.05) is 4.72 Å². The lowest BCUT2D eigenvalue weighted by Gasteiger charge is -2.14. The summed E-state index contributed by atoms with van der Waals surface area (Å²) in [6.45, 7) is 1.51. The van der Waals surface area contributed by atoms with Gasteiger partial charge in [0.05, 0.1) is 0 Å². The van der Waals surface area contributed by atoms with Gasteiger partial charge in [-0.3, -0.25) is 5.32 Å². The number of nitrogens with zero attached hydrogens (tertiary/aromatic N) is 4. The van der Waals surface area contributed by atoms with Gasteiger partial charge in [0.15, 0.2) is 6.61 Å². The van der Waals surface area contributed by atoms with Gasteiger partial charge in [-0.15, -0.1) is 11.3 Å². The lowest BCUT2D eigenvalue weighted by molar-refractivity contribution is -0.154. The normalized spacial score (nSPS) is 11.8. The van der Waals surface area contributed by atoms with Crippen molar-refractivity contribution in [2.75, 3.05) is 30.9 Å². The van der Waals surface area contributed by atoms with Gasteiger partial charge < -0.3 is 9.64 Å². The van der Waals surface area contributed by atoms with Crippen LogP contribution in [0.3, 0.4) is 0 Å². The molecule has 0 unspecified atom stereocenters. The predicted octanol–water partition coefficient (Wildman–Crippen LogP) is 2.07. The Morgan fingerprint density at radius 3 is 2.41 bits per heavy atom. The molecule has 0 radical (unpaired) electrons. The second kappa shape index (κ2) is 8.36. The molecule has 0 fully saturated rings. The average Bonchev–Trinajstić information content (AvgIpc) is 2.90. The van der Waals surface area contributed by atoms with Crippen molar-refractivity contribution in [1.82, 2.24) is 19.7 Å². The topological polar surface area (TPSA) is 126 Å². The van der Waals surface area contributed by atoms with Crippen molar-refractivity contribution >= 4 is 39.3 Å². The zero-order valence-corrected chi connectivity index (χ0v) is 17.3. The number of alkyl halides is 3. The van der Waals surface area contributed by atoms with Crippen LogP contribution in [-0.2, 0) is 10.0 Å². The van der Waals surface area contributed by atoms with E-state index in [9.17, 15) is 26.4 Å². The molecule has 160 valence electrons. The number of nitrogens with one attached hydrogen (secondary N) is 2. The van der Waals surface area contributed by atoms with Crippen molar-refractivity contribution < 1.29 is 31.1 Å². The van der Waals surface area contributed by atoms with E-state index in [2.05, 4.69) is 25.0 Å². The third kappa shape index (κ3) is 6.15. The number of urea groups is 1. The van der Waals surface area contributed by atoms with Gasteiger partial charge in [-0.25, -0.2) is 17.9 Å². The maximum atomic E-state index is 12.4. The summed E-state index contributed by atoms with van der Waals surface area (Å²) in [5, 5.41) is 3.68. The highest BCUT2D eigenvalue weighted by molar-refractivity contribution is 7.90. The molecule has 0 saturated carbocycles. The van der Waals surface area contributed by atoms with E-state index in [1.165, 1.54) is 30.3 Å².